The molecule has 198 valence electrons. The fraction of sp³-hybridized carbons (Fsp3) is 0.542. The number of aromatic amines is 1. The molecule has 0 radical (unpaired) electrons. The average Bonchev–Trinajstić information content (AvgIpc) is 3.08. The summed E-state index contributed by atoms with van der Waals surface area (Å²) in [7, 11) is -3.85. The van der Waals surface area contributed by atoms with Crippen molar-refractivity contribution in [3.8, 4) is 5.75 Å². The van der Waals surface area contributed by atoms with Crippen LogP contribution >= 0.6 is 32.0 Å². The number of aliphatic hydroxyl groups is 1. The molecule has 2 heterocycles. The van der Waals surface area contributed by atoms with E-state index in [2.05, 4.69) is 4.98 Å². The van der Waals surface area contributed by atoms with Gasteiger partial charge in [0.2, 0.25) is 0 Å². The Labute approximate surface area is 221 Å². The summed E-state index contributed by atoms with van der Waals surface area (Å²) in [5.74, 6) is -1.24. The van der Waals surface area contributed by atoms with Crippen molar-refractivity contribution in [2.24, 2.45) is 11.8 Å². The molecule has 2 N–H and O–H groups in total. The highest BCUT2D eigenvalue weighted by molar-refractivity contribution is 7.72. The van der Waals surface area contributed by atoms with Crippen molar-refractivity contribution >= 4 is 38.0 Å². The molecule has 0 bridgehead atoms. The van der Waals surface area contributed by atoms with Gasteiger partial charge in [-0.05, 0) is 45.1 Å². The molecule has 0 aliphatic carbocycles. The second-order valence-corrected chi connectivity index (χ2v) is 12.1. The Morgan fingerprint density at radius 2 is 1.92 bits per heavy atom. The zero-order chi connectivity index (χ0) is 26.6. The molecule has 36 heavy (non-hydrogen) atoms. The highest BCUT2D eigenvalue weighted by atomic mass is 32.1. The van der Waals surface area contributed by atoms with E-state index in [0.717, 1.165) is 5.56 Å². The van der Waals surface area contributed by atoms with Crippen molar-refractivity contribution in [2.75, 3.05) is 12.8 Å². The summed E-state index contributed by atoms with van der Waals surface area (Å²) in [6.07, 6.45) is -1.03. The smallest absolute Gasteiger partial charge is 0.380 e. The molecule has 1 unspecified atom stereocenters. The third kappa shape index (κ3) is 7.12. The lowest BCUT2D eigenvalue weighted by Gasteiger charge is -2.24. The molecular formula is C24H33N2O7PS2. The summed E-state index contributed by atoms with van der Waals surface area (Å²) >= 11 is 10.6. The van der Waals surface area contributed by atoms with E-state index in [1.54, 1.807) is 61.9 Å². The molecule has 1 saturated heterocycles. The Balaban J connectivity index is 1.77. The highest BCUT2D eigenvalue weighted by Crippen LogP contribution is 2.51. The highest BCUT2D eigenvalue weighted by Gasteiger charge is 2.44. The van der Waals surface area contributed by atoms with Gasteiger partial charge in [-0.25, -0.2) is 4.57 Å². The number of carbonyl (C=O) groups is 1. The van der Waals surface area contributed by atoms with Crippen LogP contribution in [0.5, 0.6) is 5.75 Å². The summed E-state index contributed by atoms with van der Waals surface area (Å²) < 4.78 is 39.3. The second kappa shape index (κ2) is 12.1. The molecule has 3 rings (SSSR count). The first kappa shape index (κ1) is 28.7. The van der Waals surface area contributed by atoms with Crippen molar-refractivity contribution < 1.29 is 33.0 Å². The summed E-state index contributed by atoms with van der Waals surface area (Å²) in [6.45, 7) is 8.56. The van der Waals surface area contributed by atoms with Gasteiger partial charge in [-0.2, -0.15) is 0 Å². The van der Waals surface area contributed by atoms with Gasteiger partial charge in [0, 0.05) is 17.7 Å². The van der Waals surface area contributed by atoms with E-state index in [9.17, 15) is 14.5 Å². The minimum Gasteiger partial charge on any atom is -0.463 e. The zero-order valence-corrected chi connectivity index (χ0v) is 23.5. The molecule has 0 saturated carbocycles. The topological polar surface area (TPSA) is 112 Å². The van der Waals surface area contributed by atoms with Crippen molar-refractivity contribution in [3.05, 3.63) is 51.5 Å². The largest absolute Gasteiger partial charge is 0.463 e. The third-order valence-electron chi connectivity index (χ3n) is 5.78. The van der Waals surface area contributed by atoms with Crippen LogP contribution in [-0.2, 0) is 23.4 Å². The van der Waals surface area contributed by atoms with Crippen molar-refractivity contribution in [3.63, 3.8) is 0 Å². The molecular weight excluding hydrogens is 523 g/mol. The van der Waals surface area contributed by atoms with Crippen LogP contribution in [0.2, 0.25) is 0 Å². The molecule has 1 aliphatic rings. The van der Waals surface area contributed by atoms with E-state index < -0.39 is 37.9 Å². The third-order valence-corrected chi connectivity index (χ3v) is 8.54. The van der Waals surface area contributed by atoms with E-state index in [1.807, 2.05) is 13.8 Å². The number of aromatic nitrogens is 2. The Kier molecular flexibility index (Phi) is 9.65. The minimum atomic E-state index is -3.85. The number of nitrogens with one attached hydrogen (secondary N) is 1. The molecule has 1 aromatic heterocycles. The Bertz CT molecular complexity index is 1220. The molecule has 1 aromatic carbocycles. The molecule has 1 aliphatic heterocycles. The molecule has 0 amide bonds. The second-order valence-electron chi connectivity index (χ2n) is 9.27. The first-order chi connectivity index (χ1) is 16.9. The number of aryl methyl sites for hydroxylation is 1. The number of rotatable bonds is 10. The van der Waals surface area contributed by atoms with Gasteiger partial charge in [0.05, 0.1) is 30.9 Å². The fourth-order valence-electron chi connectivity index (χ4n) is 3.83. The van der Waals surface area contributed by atoms with E-state index >= 15 is 0 Å². The van der Waals surface area contributed by atoms with Crippen molar-refractivity contribution in [2.45, 2.75) is 59.2 Å². The average molecular weight is 557 g/mol. The number of carbonyl (C=O) groups excluding carboxylic acids is 1. The van der Waals surface area contributed by atoms with Gasteiger partial charge in [0.25, 0.3) is 0 Å². The predicted octanol–water partition coefficient (Wildman–Crippen LogP) is 5.35. The van der Waals surface area contributed by atoms with Gasteiger partial charge in [-0.3, -0.25) is 13.9 Å². The van der Waals surface area contributed by atoms with Crippen molar-refractivity contribution in [1.29, 1.82) is 0 Å². The quantitative estimate of drug-likeness (QED) is 0.227. The van der Waals surface area contributed by atoms with Crippen LogP contribution in [0.25, 0.3) is 0 Å². The molecule has 1 fully saturated rings. The van der Waals surface area contributed by atoms with E-state index in [-0.39, 0.29) is 24.8 Å². The predicted molar refractivity (Wildman–Crippen MR) is 140 cm³/mol. The maximum absolute atomic E-state index is 13.8. The Morgan fingerprint density at radius 1 is 1.25 bits per heavy atom. The molecule has 6 atom stereocenters. The molecule has 9 nitrogen and oxygen atoms in total. The van der Waals surface area contributed by atoms with Crippen molar-refractivity contribution in [1.82, 2.24) is 9.55 Å². The first-order valence-electron chi connectivity index (χ1n) is 11.7. The number of hydrogen-bond acceptors (Lipinski definition) is 9. The number of nitrogens with zero attached hydrogens (tertiary/aromatic N) is 1. The lowest BCUT2D eigenvalue weighted by atomic mass is 10.0. The van der Waals surface area contributed by atoms with Crippen LogP contribution in [0.15, 0.2) is 36.5 Å². The lowest BCUT2D eigenvalue weighted by Crippen LogP contribution is -2.30. The van der Waals surface area contributed by atoms with Gasteiger partial charge in [-0.1, -0.05) is 44.3 Å². The number of para-hydroxylation sites is 1. The van der Waals surface area contributed by atoms with Gasteiger partial charge in [0.15, 0.2) is 4.77 Å². The van der Waals surface area contributed by atoms with Crippen LogP contribution < -0.4 is 4.52 Å². The maximum atomic E-state index is 13.8. The Morgan fingerprint density at radius 3 is 2.56 bits per heavy atom. The van der Waals surface area contributed by atoms with Gasteiger partial charge < -0.3 is 24.1 Å². The molecule has 2 aromatic rings. The number of benzene rings is 1. The van der Waals surface area contributed by atoms with Crippen LogP contribution in [0, 0.1) is 28.2 Å². The van der Waals surface area contributed by atoms with Crippen LogP contribution in [0.3, 0.4) is 0 Å². The standard InChI is InChI=1S/C24H33N2O7PS2/c1-14(2)31-23(28)16(4)13-34(29,33-18-9-7-6-8-10-18)30-12-19-20(27)17(5)22(32-19)26-11-15(3)21(35)25-24(26)36/h6-11,14,16-17,19-20,22,27H,12-13H2,1-5H3,(H,25,35,36)/t16-,17-,19+,20?,22+,34+/m1/s1. The normalized spacial score (nSPS) is 24.3. The zero-order valence-electron chi connectivity index (χ0n) is 21.0. The van der Waals surface area contributed by atoms with E-state index in [1.165, 1.54) is 0 Å². The summed E-state index contributed by atoms with van der Waals surface area (Å²) in [4.78, 5) is 15.3. The monoisotopic (exact) mass is 556 g/mol. The number of esters is 1. The molecule has 0 spiro atoms. The number of aliphatic hydroxyl groups excluding tert-OH is 1. The fourth-order valence-corrected chi connectivity index (χ4v) is 6.17. The number of hydrogen-bond donors (Lipinski definition) is 2. The van der Waals surface area contributed by atoms with Crippen LogP contribution in [0.4, 0.5) is 0 Å². The lowest BCUT2D eigenvalue weighted by molar-refractivity contribution is -0.151. The summed E-state index contributed by atoms with van der Waals surface area (Å²) in [5.41, 5.74) is 0.812. The first-order valence-corrected chi connectivity index (χ1v) is 14.3. The van der Waals surface area contributed by atoms with Gasteiger partial charge >= 0.3 is 13.6 Å². The number of H-pyrrole nitrogens is 1. The van der Waals surface area contributed by atoms with Gasteiger partial charge in [-0.15, -0.1) is 0 Å². The van der Waals surface area contributed by atoms with Crippen LogP contribution in [-0.4, -0.2) is 51.7 Å². The number of ether oxygens (including phenoxy) is 2. The molecule has 12 heteroatoms. The minimum absolute atomic E-state index is 0.200. The van der Waals surface area contributed by atoms with Gasteiger partial charge in [0.1, 0.15) is 22.7 Å². The summed E-state index contributed by atoms with van der Waals surface area (Å²) in [6, 6.07) is 8.57. The van der Waals surface area contributed by atoms with E-state index in [0.29, 0.717) is 15.2 Å². The Hall–Kier alpha value is -1.88. The summed E-state index contributed by atoms with van der Waals surface area (Å²) in [5, 5.41) is 10.9. The van der Waals surface area contributed by atoms with E-state index in [4.69, 9.17) is 43.0 Å². The SMILES string of the molecule is Cc1cn([C@H]2O[C@@H](CO[P@@](=O)(C[C@@H](C)C(=O)OC(C)C)Oc3ccccc3)C(O)[C@H]2C)c(=S)[nH]c1=S. The maximum Gasteiger partial charge on any atom is 0.380 e. The van der Waals surface area contributed by atoms with Crippen LogP contribution in [0.1, 0.15) is 39.5 Å².